The molecule has 0 saturated heterocycles. The summed E-state index contributed by atoms with van der Waals surface area (Å²) in [6.45, 7) is 3.50. The lowest BCUT2D eigenvalue weighted by molar-refractivity contribution is 0.218. The molecular formula is C18H21NO2. The predicted molar refractivity (Wildman–Crippen MR) is 85.0 cm³/mol. The minimum atomic E-state index is 0.361. The highest BCUT2D eigenvalue weighted by molar-refractivity contribution is 5.54. The van der Waals surface area contributed by atoms with Gasteiger partial charge in [-0.05, 0) is 36.6 Å². The van der Waals surface area contributed by atoms with Gasteiger partial charge in [0.2, 0.25) is 0 Å². The van der Waals surface area contributed by atoms with Gasteiger partial charge in [0.25, 0.3) is 0 Å². The fourth-order valence-electron chi connectivity index (χ4n) is 2.73. The van der Waals surface area contributed by atoms with Gasteiger partial charge in [0.05, 0.1) is 18.9 Å². The monoisotopic (exact) mass is 283 g/mol. The topological polar surface area (TPSA) is 44.5 Å². The van der Waals surface area contributed by atoms with Crippen LogP contribution in [0.5, 0.6) is 11.5 Å². The predicted octanol–water partition coefficient (Wildman–Crippen LogP) is 3.78. The molecule has 3 heteroatoms. The maximum atomic E-state index is 6.06. The van der Waals surface area contributed by atoms with E-state index >= 15 is 0 Å². The van der Waals surface area contributed by atoms with E-state index in [0.29, 0.717) is 12.5 Å². The third kappa shape index (κ3) is 2.97. The van der Waals surface area contributed by atoms with E-state index in [0.717, 1.165) is 36.6 Å². The summed E-state index contributed by atoms with van der Waals surface area (Å²) in [7, 11) is 0. The number of rotatable bonds is 4. The Morgan fingerprint density at radius 1 is 1.24 bits per heavy atom. The van der Waals surface area contributed by atoms with Crippen LogP contribution in [0, 0.1) is 0 Å². The molecule has 1 unspecified atom stereocenters. The molecule has 1 aliphatic heterocycles. The zero-order valence-electron chi connectivity index (χ0n) is 12.3. The van der Waals surface area contributed by atoms with Gasteiger partial charge in [-0.2, -0.15) is 0 Å². The second kappa shape index (κ2) is 6.08. The average molecular weight is 283 g/mol. The Balaban J connectivity index is 1.71. The summed E-state index contributed by atoms with van der Waals surface area (Å²) in [5.74, 6) is 2.11. The molecule has 2 aromatic rings. The number of anilines is 1. The van der Waals surface area contributed by atoms with Crippen molar-refractivity contribution >= 4 is 5.69 Å². The molecule has 0 radical (unpaired) electrons. The van der Waals surface area contributed by atoms with E-state index in [9.17, 15) is 0 Å². The Labute approximate surface area is 125 Å². The molecule has 2 N–H and O–H groups in total. The molecule has 0 aromatic heterocycles. The first-order valence-corrected chi connectivity index (χ1v) is 7.51. The second-order valence-corrected chi connectivity index (χ2v) is 5.41. The Morgan fingerprint density at radius 2 is 2.10 bits per heavy atom. The summed E-state index contributed by atoms with van der Waals surface area (Å²) < 4.78 is 11.6. The third-order valence-corrected chi connectivity index (χ3v) is 4.01. The maximum absolute atomic E-state index is 6.06. The van der Waals surface area contributed by atoms with Crippen LogP contribution in [0.25, 0.3) is 0 Å². The summed E-state index contributed by atoms with van der Waals surface area (Å²) in [5.41, 5.74) is 9.24. The Hall–Kier alpha value is -2.16. The van der Waals surface area contributed by atoms with Crippen LogP contribution in [0.4, 0.5) is 5.69 Å². The molecule has 1 aliphatic rings. The highest BCUT2D eigenvalue weighted by Crippen LogP contribution is 2.34. The lowest BCUT2D eigenvalue weighted by atomic mass is 9.94. The van der Waals surface area contributed by atoms with E-state index in [1.807, 2.05) is 30.3 Å². The summed E-state index contributed by atoms with van der Waals surface area (Å²) in [4.78, 5) is 0. The van der Waals surface area contributed by atoms with Crippen molar-refractivity contribution in [1.82, 2.24) is 0 Å². The van der Waals surface area contributed by atoms with E-state index in [-0.39, 0.29) is 0 Å². The number of hydrogen-bond donors (Lipinski definition) is 1. The molecule has 0 bridgehead atoms. The largest absolute Gasteiger partial charge is 0.493 e. The van der Waals surface area contributed by atoms with Gasteiger partial charge in [-0.15, -0.1) is 0 Å². The summed E-state index contributed by atoms with van der Waals surface area (Å²) >= 11 is 0. The molecule has 3 rings (SSSR count). The smallest absolute Gasteiger partial charge is 0.142 e. The van der Waals surface area contributed by atoms with Crippen LogP contribution in [0.15, 0.2) is 42.5 Å². The Kier molecular flexibility index (Phi) is 4.00. The number of benzene rings is 2. The summed E-state index contributed by atoms with van der Waals surface area (Å²) in [6.07, 6.45) is 1.96. The van der Waals surface area contributed by atoms with Gasteiger partial charge in [-0.25, -0.2) is 0 Å². The molecule has 3 nitrogen and oxygen atoms in total. The maximum Gasteiger partial charge on any atom is 0.142 e. The minimum Gasteiger partial charge on any atom is -0.493 e. The van der Waals surface area contributed by atoms with Crippen molar-refractivity contribution in [3.05, 3.63) is 53.6 Å². The molecule has 0 fully saturated rings. The number of fused-ring (bicyclic) bond motifs is 1. The van der Waals surface area contributed by atoms with Crippen molar-refractivity contribution in [3.63, 3.8) is 0 Å². The van der Waals surface area contributed by atoms with Crippen molar-refractivity contribution in [2.24, 2.45) is 0 Å². The number of ether oxygens (including phenoxy) is 2. The first-order chi connectivity index (χ1) is 10.3. The summed E-state index contributed by atoms with van der Waals surface area (Å²) in [5, 5.41) is 0. The van der Waals surface area contributed by atoms with Gasteiger partial charge in [0.1, 0.15) is 11.5 Å². The van der Waals surface area contributed by atoms with E-state index in [1.54, 1.807) is 0 Å². The number of para-hydroxylation sites is 1. The number of nitrogens with two attached hydrogens (primary N) is 1. The minimum absolute atomic E-state index is 0.361. The lowest BCUT2D eigenvalue weighted by Gasteiger charge is -2.26. The molecular weight excluding hydrogens is 262 g/mol. The molecule has 110 valence electrons. The average Bonchev–Trinajstić information content (AvgIpc) is 2.53. The molecule has 2 aromatic carbocycles. The van der Waals surface area contributed by atoms with Crippen molar-refractivity contribution in [2.45, 2.75) is 25.7 Å². The molecule has 1 heterocycles. The van der Waals surface area contributed by atoms with Crippen LogP contribution in [0.2, 0.25) is 0 Å². The third-order valence-electron chi connectivity index (χ3n) is 4.01. The van der Waals surface area contributed by atoms with Crippen LogP contribution < -0.4 is 15.2 Å². The van der Waals surface area contributed by atoms with Gasteiger partial charge in [0.15, 0.2) is 0 Å². The Morgan fingerprint density at radius 3 is 2.90 bits per heavy atom. The van der Waals surface area contributed by atoms with Crippen LogP contribution in [0.3, 0.4) is 0 Å². The van der Waals surface area contributed by atoms with Crippen molar-refractivity contribution in [1.29, 1.82) is 0 Å². The van der Waals surface area contributed by atoms with E-state index < -0.39 is 0 Å². The van der Waals surface area contributed by atoms with Gasteiger partial charge in [-0.3, -0.25) is 0 Å². The first-order valence-electron chi connectivity index (χ1n) is 7.51. The van der Waals surface area contributed by atoms with E-state index in [4.69, 9.17) is 15.2 Å². The van der Waals surface area contributed by atoms with Gasteiger partial charge >= 0.3 is 0 Å². The van der Waals surface area contributed by atoms with Crippen molar-refractivity contribution in [2.75, 3.05) is 18.9 Å². The van der Waals surface area contributed by atoms with Crippen molar-refractivity contribution < 1.29 is 9.47 Å². The van der Waals surface area contributed by atoms with E-state index in [1.165, 1.54) is 11.1 Å². The number of nitrogen functional groups attached to an aromatic ring is 1. The molecule has 0 saturated carbocycles. The first kappa shape index (κ1) is 13.8. The highest BCUT2D eigenvalue weighted by atomic mass is 16.5. The number of hydrogen-bond acceptors (Lipinski definition) is 3. The van der Waals surface area contributed by atoms with Crippen LogP contribution in [0.1, 0.15) is 30.4 Å². The standard InChI is InChI=1S/C18H21NO2/c1-2-13-7-8-18(16(19)11-13)21-12-14-9-10-20-17-6-4-3-5-15(14)17/h3-8,11,14H,2,9-10,12,19H2,1H3. The lowest BCUT2D eigenvalue weighted by Crippen LogP contribution is -2.19. The van der Waals surface area contributed by atoms with Gasteiger partial charge in [-0.1, -0.05) is 31.2 Å². The molecule has 21 heavy (non-hydrogen) atoms. The highest BCUT2D eigenvalue weighted by Gasteiger charge is 2.21. The fraction of sp³-hybridized carbons (Fsp3) is 0.333. The van der Waals surface area contributed by atoms with Gasteiger partial charge in [0, 0.05) is 11.5 Å². The molecule has 0 aliphatic carbocycles. The van der Waals surface area contributed by atoms with Crippen LogP contribution in [-0.4, -0.2) is 13.2 Å². The Bertz CT molecular complexity index is 624. The normalized spacial score (nSPS) is 16.9. The molecule has 0 amide bonds. The van der Waals surface area contributed by atoms with E-state index in [2.05, 4.69) is 19.1 Å². The zero-order valence-corrected chi connectivity index (χ0v) is 12.3. The quantitative estimate of drug-likeness (QED) is 0.869. The van der Waals surface area contributed by atoms with Gasteiger partial charge < -0.3 is 15.2 Å². The number of aryl methyl sites for hydroxylation is 1. The summed E-state index contributed by atoms with van der Waals surface area (Å²) in [6, 6.07) is 14.2. The molecule has 1 atom stereocenters. The second-order valence-electron chi connectivity index (χ2n) is 5.41. The van der Waals surface area contributed by atoms with Crippen molar-refractivity contribution in [3.8, 4) is 11.5 Å². The zero-order chi connectivity index (χ0) is 14.7. The van der Waals surface area contributed by atoms with Crippen LogP contribution in [-0.2, 0) is 6.42 Å². The van der Waals surface area contributed by atoms with Crippen LogP contribution >= 0.6 is 0 Å². The SMILES string of the molecule is CCc1ccc(OCC2CCOc3ccccc32)c(N)c1. The fourth-order valence-corrected chi connectivity index (χ4v) is 2.73. The molecule has 0 spiro atoms.